The summed E-state index contributed by atoms with van der Waals surface area (Å²) in [6.07, 6.45) is 0.787. The van der Waals surface area contributed by atoms with Crippen molar-refractivity contribution in [3.05, 3.63) is 42.0 Å². The number of nitrogens with one attached hydrogen (secondary N) is 1. The lowest BCUT2D eigenvalue weighted by atomic mass is 9.95. The lowest BCUT2D eigenvalue weighted by molar-refractivity contribution is -0.123. The maximum atomic E-state index is 12.3. The first-order valence-corrected chi connectivity index (χ1v) is 7.60. The third-order valence-corrected chi connectivity index (χ3v) is 4.14. The van der Waals surface area contributed by atoms with Crippen LogP contribution in [-0.2, 0) is 11.8 Å². The molecule has 1 aromatic heterocycles. The van der Waals surface area contributed by atoms with Crippen molar-refractivity contribution < 1.29 is 9.59 Å². The second-order valence-corrected chi connectivity index (χ2v) is 6.85. The quantitative estimate of drug-likeness (QED) is 0.724. The molecule has 0 unspecified atom stereocenters. The molecule has 0 aliphatic carbocycles. The van der Waals surface area contributed by atoms with E-state index in [-0.39, 0.29) is 5.91 Å². The van der Waals surface area contributed by atoms with E-state index in [2.05, 4.69) is 9.88 Å². The zero-order valence-corrected chi connectivity index (χ0v) is 13.8. The summed E-state index contributed by atoms with van der Waals surface area (Å²) in [5.74, 6) is -0.111. The summed E-state index contributed by atoms with van der Waals surface area (Å²) < 4.78 is 2.06. The van der Waals surface area contributed by atoms with Crippen molar-refractivity contribution in [3.8, 4) is 0 Å². The van der Waals surface area contributed by atoms with Gasteiger partial charge in [-0.25, -0.2) is 0 Å². The van der Waals surface area contributed by atoms with Gasteiger partial charge in [0.1, 0.15) is 0 Å². The zero-order valence-electron chi connectivity index (χ0n) is 13.8. The van der Waals surface area contributed by atoms with Gasteiger partial charge < -0.3 is 9.88 Å². The molecule has 0 saturated heterocycles. The average Bonchev–Trinajstić information content (AvgIpc) is 2.79. The van der Waals surface area contributed by atoms with Gasteiger partial charge in [-0.05, 0) is 18.2 Å². The number of fused-ring (bicyclic) bond motifs is 3. The van der Waals surface area contributed by atoms with E-state index >= 15 is 0 Å². The minimum atomic E-state index is -0.520. The minimum Gasteiger partial charge on any atom is -0.344 e. The number of anilines is 1. The first-order chi connectivity index (χ1) is 10.8. The second-order valence-electron chi connectivity index (χ2n) is 6.85. The Morgan fingerprint density at radius 3 is 2.43 bits per heavy atom. The van der Waals surface area contributed by atoms with Crippen molar-refractivity contribution in [2.45, 2.75) is 20.8 Å². The van der Waals surface area contributed by atoms with E-state index in [1.54, 1.807) is 0 Å². The molecule has 0 saturated carbocycles. The Labute approximate surface area is 135 Å². The van der Waals surface area contributed by atoms with Crippen molar-refractivity contribution in [2.24, 2.45) is 12.5 Å². The second kappa shape index (κ2) is 5.23. The van der Waals surface area contributed by atoms with Crippen LogP contribution in [0, 0.1) is 5.41 Å². The fourth-order valence-corrected chi connectivity index (χ4v) is 2.74. The van der Waals surface area contributed by atoms with Gasteiger partial charge in [0.05, 0.1) is 5.69 Å². The maximum absolute atomic E-state index is 12.3. The lowest BCUT2D eigenvalue weighted by Gasteiger charge is -2.18. The molecule has 0 aliphatic heterocycles. The van der Waals surface area contributed by atoms with Crippen LogP contribution in [0.25, 0.3) is 21.8 Å². The van der Waals surface area contributed by atoms with Crippen molar-refractivity contribution in [1.29, 1.82) is 0 Å². The van der Waals surface area contributed by atoms with Gasteiger partial charge in [-0.15, -0.1) is 0 Å². The van der Waals surface area contributed by atoms with Gasteiger partial charge in [-0.3, -0.25) is 9.59 Å². The van der Waals surface area contributed by atoms with Gasteiger partial charge in [0.2, 0.25) is 5.91 Å². The average molecular weight is 308 g/mol. The Kier molecular flexibility index (Phi) is 3.48. The van der Waals surface area contributed by atoms with Crippen LogP contribution < -0.4 is 5.32 Å². The molecule has 0 atom stereocenters. The molecule has 0 spiro atoms. The van der Waals surface area contributed by atoms with E-state index in [0.29, 0.717) is 11.3 Å². The topological polar surface area (TPSA) is 51.1 Å². The van der Waals surface area contributed by atoms with Gasteiger partial charge in [0, 0.05) is 39.8 Å². The highest BCUT2D eigenvalue weighted by Gasteiger charge is 2.22. The highest BCUT2D eigenvalue weighted by molar-refractivity contribution is 6.12. The summed E-state index contributed by atoms with van der Waals surface area (Å²) >= 11 is 0. The highest BCUT2D eigenvalue weighted by atomic mass is 16.2. The number of carbonyl (C=O) groups excluding carboxylic acids is 2. The number of hydrogen-bond acceptors (Lipinski definition) is 2. The van der Waals surface area contributed by atoms with Crippen LogP contribution in [0.15, 0.2) is 36.4 Å². The number of nitrogens with zero attached hydrogens (tertiary/aromatic N) is 1. The molecule has 2 aromatic carbocycles. The third kappa shape index (κ3) is 2.50. The number of aldehydes is 1. The maximum Gasteiger partial charge on any atom is 0.229 e. The standard InChI is InChI=1S/C19H20N2O2/c1-19(2,3)18(23)20-15-10-14-13-7-5-6-8-16(13)21(4)17(14)9-12(15)11-22/h5-11H,1-4H3,(H,20,23). The van der Waals surface area contributed by atoms with E-state index in [0.717, 1.165) is 28.1 Å². The number of para-hydroxylation sites is 1. The summed E-state index contributed by atoms with van der Waals surface area (Å²) in [4.78, 5) is 23.7. The summed E-state index contributed by atoms with van der Waals surface area (Å²) in [7, 11) is 1.98. The molecular formula is C19H20N2O2. The van der Waals surface area contributed by atoms with E-state index in [1.165, 1.54) is 0 Å². The van der Waals surface area contributed by atoms with Gasteiger partial charge >= 0.3 is 0 Å². The molecule has 4 nitrogen and oxygen atoms in total. The largest absolute Gasteiger partial charge is 0.344 e. The summed E-state index contributed by atoms with van der Waals surface area (Å²) in [6.45, 7) is 5.54. The Bertz CT molecular complexity index is 930. The fraction of sp³-hybridized carbons (Fsp3) is 0.263. The molecule has 1 heterocycles. The summed E-state index contributed by atoms with van der Waals surface area (Å²) in [6, 6.07) is 11.8. The van der Waals surface area contributed by atoms with Crippen molar-refractivity contribution in [2.75, 3.05) is 5.32 Å². The molecule has 1 N–H and O–H groups in total. The molecule has 3 rings (SSSR count). The van der Waals surface area contributed by atoms with Crippen molar-refractivity contribution in [3.63, 3.8) is 0 Å². The van der Waals surface area contributed by atoms with Crippen molar-refractivity contribution in [1.82, 2.24) is 4.57 Å². The monoisotopic (exact) mass is 308 g/mol. The smallest absolute Gasteiger partial charge is 0.229 e. The minimum absolute atomic E-state index is 0.111. The normalized spacial score (nSPS) is 11.8. The first-order valence-electron chi connectivity index (χ1n) is 7.60. The van der Waals surface area contributed by atoms with Crippen LogP contribution in [0.5, 0.6) is 0 Å². The van der Waals surface area contributed by atoms with E-state index in [1.807, 2.05) is 64.2 Å². The predicted octanol–water partition coefficient (Wildman–Crippen LogP) is 4.13. The Morgan fingerprint density at radius 2 is 1.78 bits per heavy atom. The van der Waals surface area contributed by atoms with Gasteiger partial charge in [0.15, 0.2) is 6.29 Å². The fourth-order valence-electron chi connectivity index (χ4n) is 2.74. The van der Waals surface area contributed by atoms with Crippen LogP contribution in [0.1, 0.15) is 31.1 Å². The molecule has 3 aromatic rings. The number of amides is 1. The molecule has 0 bridgehead atoms. The van der Waals surface area contributed by atoms with Crippen LogP contribution in [0.2, 0.25) is 0 Å². The number of hydrogen-bond donors (Lipinski definition) is 1. The summed E-state index contributed by atoms with van der Waals surface area (Å²) in [5, 5.41) is 5.02. The Morgan fingerprint density at radius 1 is 1.09 bits per heavy atom. The molecule has 118 valence electrons. The van der Waals surface area contributed by atoms with Gasteiger partial charge in [0.25, 0.3) is 0 Å². The van der Waals surface area contributed by atoms with E-state index in [4.69, 9.17) is 0 Å². The molecule has 0 radical (unpaired) electrons. The number of benzene rings is 2. The third-order valence-electron chi connectivity index (χ3n) is 4.14. The Hall–Kier alpha value is -2.62. The molecular weight excluding hydrogens is 288 g/mol. The highest BCUT2D eigenvalue weighted by Crippen LogP contribution is 2.32. The zero-order chi connectivity index (χ0) is 16.8. The number of aromatic nitrogens is 1. The molecule has 4 heteroatoms. The molecule has 0 fully saturated rings. The van der Waals surface area contributed by atoms with Gasteiger partial charge in [-0.1, -0.05) is 39.0 Å². The molecule has 23 heavy (non-hydrogen) atoms. The number of rotatable bonds is 2. The van der Waals surface area contributed by atoms with Crippen LogP contribution in [0.3, 0.4) is 0 Å². The van der Waals surface area contributed by atoms with Crippen LogP contribution in [-0.4, -0.2) is 16.8 Å². The van der Waals surface area contributed by atoms with Crippen LogP contribution in [0.4, 0.5) is 5.69 Å². The molecule has 0 aliphatic rings. The lowest BCUT2D eigenvalue weighted by Crippen LogP contribution is -2.28. The molecule has 1 amide bonds. The Balaban J connectivity index is 2.24. The summed E-state index contributed by atoms with van der Waals surface area (Å²) in [5.41, 5.74) is 2.60. The number of carbonyl (C=O) groups is 2. The van der Waals surface area contributed by atoms with Crippen LogP contribution >= 0.6 is 0 Å². The first kappa shape index (κ1) is 15.3. The van der Waals surface area contributed by atoms with Gasteiger partial charge in [-0.2, -0.15) is 0 Å². The number of aryl methyl sites for hydroxylation is 1. The van der Waals surface area contributed by atoms with Crippen molar-refractivity contribution >= 4 is 39.7 Å². The predicted molar refractivity (Wildman–Crippen MR) is 93.9 cm³/mol. The van der Waals surface area contributed by atoms with E-state index in [9.17, 15) is 9.59 Å². The SMILES string of the molecule is Cn1c2ccccc2c2cc(NC(=O)C(C)(C)C)c(C=O)cc21. The van der Waals surface area contributed by atoms with E-state index < -0.39 is 5.41 Å².